The molecule has 3 nitrogen and oxygen atoms in total. The Hall–Kier alpha value is -1.06. The van der Waals surface area contributed by atoms with E-state index in [9.17, 15) is 5.11 Å². The number of nitrogens with two attached hydrogens (primary N) is 1. The van der Waals surface area contributed by atoms with Crippen LogP contribution in [0.15, 0.2) is 24.3 Å². The van der Waals surface area contributed by atoms with Crippen LogP contribution in [0.3, 0.4) is 0 Å². The number of rotatable bonds is 3. The van der Waals surface area contributed by atoms with Gasteiger partial charge in [-0.3, -0.25) is 11.3 Å². The van der Waals surface area contributed by atoms with E-state index in [1.165, 1.54) is 0 Å². The molecule has 0 heterocycles. The summed E-state index contributed by atoms with van der Waals surface area (Å²) < 4.78 is 0. The van der Waals surface area contributed by atoms with E-state index in [2.05, 4.69) is 5.43 Å². The number of hydrazine groups is 1. The van der Waals surface area contributed by atoms with Gasteiger partial charge in [0.05, 0.1) is 0 Å². The highest BCUT2D eigenvalue weighted by atomic mass is 16.3. The van der Waals surface area contributed by atoms with Crippen molar-refractivity contribution < 1.29 is 5.11 Å². The zero-order valence-electron chi connectivity index (χ0n) is 7.08. The molecule has 0 bridgehead atoms. The van der Waals surface area contributed by atoms with E-state index in [0.29, 0.717) is 0 Å². The SMILES string of the molecule is CC(Cc1ccc([O-])cc1)NN. The first-order chi connectivity index (χ1) is 5.72. The summed E-state index contributed by atoms with van der Waals surface area (Å²) in [5.41, 5.74) is 3.77. The molecule has 1 atom stereocenters. The zero-order chi connectivity index (χ0) is 8.97. The highest BCUT2D eigenvalue weighted by Crippen LogP contribution is 2.08. The lowest BCUT2D eigenvalue weighted by Crippen LogP contribution is -2.34. The lowest BCUT2D eigenvalue weighted by atomic mass is 10.1. The van der Waals surface area contributed by atoms with Crippen molar-refractivity contribution in [2.75, 3.05) is 0 Å². The van der Waals surface area contributed by atoms with Gasteiger partial charge in [-0.1, -0.05) is 24.3 Å². The summed E-state index contributed by atoms with van der Waals surface area (Å²) in [7, 11) is 0. The first kappa shape index (κ1) is 9.03. The van der Waals surface area contributed by atoms with Crippen LogP contribution in [0.1, 0.15) is 12.5 Å². The van der Waals surface area contributed by atoms with Crippen LogP contribution in [0.25, 0.3) is 0 Å². The summed E-state index contributed by atoms with van der Waals surface area (Å²) >= 11 is 0. The Morgan fingerprint density at radius 2 is 2.00 bits per heavy atom. The first-order valence-electron chi connectivity index (χ1n) is 3.94. The van der Waals surface area contributed by atoms with Crippen molar-refractivity contribution >= 4 is 0 Å². The largest absolute Gasteiger partial charge is 0.872 e. The minimum atomic E-state index is 0.0483. The predicted molar refractivity (Wildman–Crippen MR) is 46.4 cm³/mol. The second kappa shape index (κ2) is 4.09. The van der Waals surface area contributed by atoms with Gasteiger partial charge in [-0.15, -0.1) is 5.75 Å². The molecule has 0 fully saturated rings. The van der Waals surface area contributed by atoms with Gasteiger partial charge in [0, 0.05) is 6.04 Å². The molecule has 0 saturated carbocycles. The molecule has 3 N–H and O–H groups in total. The second-order valence-corrected chi connectivity index (χ2v) is 2.92. The molecule has 0 saturated heterocycles. The van der Waals surface area contributed by atoms with E-state index in [-0.39, 0.29) is 11.8 Å². The fourth-order valence-corrected chi connectivity index (χ4v) is 1.04. The van der Waals surface area contributed by atoms with Crippen LogP contribution in [-0.4, -0.2) is 6.04 Å². The lowest BCUT2D eigenvalue weighted by Gasteiger charge is -2.11. The normalized spacial score (nSPS) is 12.8. The van der Waals surface area contributed by atoms with Gasteiger partial charge in [-0.25, -0.2) is 0 Å². The summed E-state index contributed by atoms with van der Waals surface area (Å²) in [6.07, 6.45) is 0.844. The molecule has 3 heteroatoms. The molecule has 0 aliphatic rings. The second-order valence-electron chi connectivity index (χ2n) is 2.92. The van der Waals surface area contributed by atoms with Gasteiger partial charge in [-0.2, -0.15) is 0 Å². The fourth-order valence-electron chi connectivity index (χ4n) is 1.04. The fraction of sp³-hybridized carbons (Fsp3) is 0.333. The quantitative estimate of drug-likeness (QED) is 0.495. The van der Waals surface area contributed by atoms with Crippen molar-refractivity contribution in [2.45, 2.75) is 19.4 Å². The molecule has 1 unspecified atom stereocenters. The van der Waals surface area contributed by atoms with Gasteiger partial charge in [-0.05, 0) is 18.9 Å². The van der Waals surface area contributed by atoms with Gasteiger partial charge < -0.3 is 5.11 Å². The van der Waals surface area contributed by atoms with E-state index in [4.69, 9.17) is 5.84 Å². The molecular formula is C9H13N2O-. The molecule has 0 aliphatic carbocycles. The maximum atomic E-state index is 10.7. The summed E-state index contributed by atoms with van der Waals surface area (Å²) in [5, 5.41) is 10.7. The third kappa shape index (κ3) is 2.53. The van der Waals surface area contributed by atoms with Crippen molar-refractivity contribution in [2.24, 2.45) is 5.84 Å². The van der Waals surface area contributed by atoms with E-state index < -0.39 is 0 Å². The molecular weight excluding hydrogens is 152 g/mol. The van der Waals surface area contributed by atoms with Crippen LogP contribution in [0.5, 0.6) is 5.75 Å². The average molecular weight is 165 g/mol. The Kier molecular flexibility index (Phi) is 3.08. The summed E-state index contributed by atoms with van der Waals surface area (Å²) in [6.45, 7) is 1.99. The third-order valence-electron chi connectivity index (χ3n) is 1.75. The lowest BCUT2D eigenvalue weighted by molar-refractivity contribution is -0.268. The molecule has 0 aliphatic heterocycles. The van der Waals surface area contributed by atoms with E-state index in [1.54, 1.807) is 12.1 Å². The molecule has 0 spiro atoms. The Morgan fingerprint density at radius 1 is 1.42 bits per heavy atom. The molecule has 1 rings (SSSR count). The van der Waals surface area contributed by atoms with Crippen molar-refractivity contribution in [1.29, 1.82) is 0 Å². The molecule has 0 radical (unpaired) electrons. The smallest absolute Gasteiger partial charge is 0.0222 e. The molecule has 12 heavy (non-hydrogen) atoms. The maximum absolute atomic E-state index is 10.7. The molecule has 1 aromatic rings. The standard InChI is InChI=1S/C9H14N2O/c1-7(11-10)6-8-2-4-9(12)5-3-8/h2-5,7,11-12H,6,10H2,1H3/p-1. The average Bonchev–Trinajstić information content (AvgIpc) is 2.09. The van der Waals surface area contributed by atoms with Crippen molar-refractivity contribution in [3.63, 3.8) is 0 Å². The number of benzene rings is 1. The Labute approximate surface area is 72.2 Å². The predicted octanol–water partition coefficient (Wildman–Crippen LogP) is 0.155. The van der Waals surface area contributed by atoms with Gasteiger partial charge in [0.25, 0.3) is 0 Å². The van der Waals surface area contributed by atoms with E-state index >= 15 is 0 Å². The zero-order valence-corrected chi connectivity index (χ0v) is 7.08. The minimum absolute atomic E-state index is 0.0483. The molecule has 66 valence electrons. The van der Waals surface area contributed by atoms with E-state index in [1.807, 2.05) is 19.1 Å². The maximum Gasteiger partial charge on any atom is 0.0222 e. The first-order valence-corrected chi connectivity index (χ1v) is 3.94. The third-order valence-corrected chi connectivity index (χ3v) is 1.75. The summed E-state index contributed by atoms with van der Waals surface area (Å²) in [4.78, 5) is 0. The van der Waals surface area contributed by atoms with Crippen molar-refractivity contribution in [3.8, 4) is 5.75 Å². The van der Waals surface area contributed by atoms with Gasteiger partial charge in [0.2, 0.25) is 0 Å². The van der Waals surface area contributed by atoms with Gasteiger partial charge in [0.1, 0.15) is 0 Å². The van der Waals surface area contributed by atoms with Crippen LogP contribution in [0.2, 0.25) is 0 Å². The van der Waals surface area contributed by atoms with E-state index in [0.717, 1.165) is 12.0 Å². The van der Waals surface area contributed by atoms with Gasteiger partial charge >= 0.3 is 0 Å². The Bertz CT molecular complexity index is 233. The number of nitrogens with one attached hydrogen (secondary N) is 1. The monoisotopic (exact) mass is 165 g/mol. The Balaban J connectivity index is 2.58. The highest BCUT2D eigenvalue weighted by Gasteiger charge is 1.98. The van der Waals surface area contributed by atoms with Crippen LogP contribution in [-0.2, 0) is 6.42 Å². The molecule has 1 aromatic carbocycles. The molecule has 0 amide bonds. The summed E-state index contributed by atoms with van der Waals surface area (Å²) in [6, 6.07) is 7.03. The van der Waals surface area contributed by atoms with Crippen molar-refractivity contribution in [1.82, 2.24) is 5.43 Å². The topological polar surface area (TPSA) is 61.1 Å². The van der Waals surface area contributed by atoms with Crippen LogP contribution in [0, 0.1) is 0 Å². The van der Waals surface area contributed by atoms with Crippen LogP contribution < -0.4 is 16.4 Å². The van der Waals surface area contributed by atoms with Crippen LogP contribution >= 0.6 is 0 Å². The van der Waals surface area contributed by atoms with Crippen molar-refractivity contribution in [3.05, 3.63) is 29.8 Å². The molecule has 0 aromatic heterocycles. The summed E-state index contributed by atoms with van der Waals surface area (Å²) in [5.74, 6) is 5.29. The Morgan fingerprint density at radius 3 is 2.50 bits per heavy atom. The van der Waals surface area contributed by atoms with Crippen LogP contribution in [0.4, 0.5) is 0 Å². The van der Waals surface area contributed by atoms with Gasteiger partial charge in [0.15, 0.2) is 0 Å². The number of hydrogen-bond acceptors (Lipinski definition) is 3. The highest BCUT2D eigenvalue weighted by molar-refractivity contribution is 5.25. The minimum Gasteiger partial charge on any atom is -0.872 e. The number of hydrogen-bond donors (Lipinski definition) is 2.